The van der Waals surface area contributed by atoms with Crippen LogP contribution in [-0.2, 0) is 0 Å². The highest BCUT2D eigenvalue weighted by molar-refractivity contribution is 8.00. The third-order valence-corrected chi connectivity index (χ3v) is 2.91. The van der Waals surface area contributed by atoms with Crippen molar-refractivity contribution in [2.45, 2.75) is 17.1 Å². The van der Waals surface area contributed by atoms with Gasteiger partial charge >= 0.3 is 0 Å². The van der Waals surface area contributed by atoms with E-state index in [0.29, 0.717) is 5.25 Å². The predicted octanol–water partition coefficient (Wildman–Crippen LogP) is 2.94. The Morgan fingerprint density at radius 3 is 2.79 bits per heavy atom. The molecule has 0 aromatic heterocycles. The molecular formula is C12H17NS. The zero-order valence-electron chi connectivity index (χ0n) is 8.57. The van der Waals surface area contributed by atoms with E-state index in [2.05, 4.69) is 43.1 Å². The molecule has 0 aliphatic heterocycles. The van der Waals surface area contributed by atoms with Gasteiger partial charge in [0.2, 0.25) is 0 Å². The van der Waals surface area contributed by atoms with Crippen LogP contribution in [0, 0.1) is 0 Å². The quantitative estimate of drug-likeness (QED) is 0.437. The van der Waals surface area contributed by atoms with Gasteiger partial charge in [0.25, 0.3) is 0 Å². The lowest BCUT2D eigenvalue weighted by atomic mass is 10.4. The van der Waals surface area contributed by atoms with Crippen LogP contribution in [-0.4, -0.2) is 18.3 Å². The van der Waals surface area contributed by atoms with Crippen LogP contribution in [0.2, 0.25) is 0 Å². The van der Waals surface area contributed by atoms with Crippen LogP contribution < -0.4 is 5.32 Å². The second-order valence-corrected chi connectivity index (χ2v) is 4.70. The largest absolute Gasteiger partial charge is 0.312 e. The molecule has 0 bridgehead atoms. The second-order valence-electron chi connectivity index (χ2n) is 3.19. The van der Waals surface area contributed by atoms with Crippen molar-refractivity contribution in [3.63, 3.8) is 0 Å². The van der Waals surface area contributed by atoms with Gasteiger partial charge in [-0.25, -0.2) is 0 Å². The van der Waals surface area contributed by atoms with Gasteiger partial charge in [0.05, 0.1) is 0 Å². The molecule has 2 heteroatoms. The minimum absolute atomic E-state index is 0.595. The average Bonchev–Trinajstić information content (AvgIpc) is 2.20. The highest BCUT2D eigenvalue weighted by atomic mass is 32.2. The van der Waals surface area contributed by atoms with E-state index < -0.39 is 0 Å². The summed E-state index contributed by atoms with van der Waals surface area (Å²) in [7, 11) is 0. The van der Waals surface area contributed by atoms with Gasteiger partial charge in [-0.2, -0.15) is 0 Å². The standard InChI is InChI=1S/C12H17NS/c1-3-9-13-10-11(2)14-12-7-5-4-6-8-12/h3-8,11,13H,1,9-10H2,2H3. The first-order valence-electron chi connectivity index (χ1n) is 4.86. The van der Waals surface area contributed by atoms with Gasteiger partial charge in [0.1, 0.15) is 0 Å². The fraction of sp³-hybridized carbons (Fsp3) is 0.333. The number of hydrogen-bond donors (Lipinski definition) is 1. The first kappa shape index (κ1) is 11.3. The molecule has 1 N–H and O–H groups in total. The van der Waals surface area contributed by atoms with Crippen LogP contribution in [0.4, 0.5) is 0 Å². The minimum Gasteiger partial charge on any atom is -0.312 e. The van der Waals surface area contributed by atoms with E-state index >= 15 is 0 Å². The lowest BCUT2D eigenvalue weighted by Gasteiger charge is -2.11. The third-order valence-electron chi connectivity index (χ3n) is 1.80. The fourth-order valence-corrected chi connectivity index (χ4v) is 2.14. The lowest BCUT2D eigenvalue weighted by molar-refractivity contribution is 0.740. The Hall–Kier alpha value is -0.730. The Labute approximate surface area is 90.6 Å². The molecule has 0 aliphatic carbocycles. The highest BCUT2D eigenvalue weighted by Crippen LogP contribution is 2.21. The van der Waals surface area contributed by atoms with E-state index in [1.165, 1.54) is 4.90 Å². The molecule has 0 aliphatic rings. The van der Waals surface area contributed by atoms with Crippen molar-refractivity contribution in [2.24, 2.45) is 0 Å². The molecule has 14 heavy (non-hydrogen) atoms. The summed E-state index contributed by atoms with van der Waals surface area (Å²) in [5.41, 5.74) is 0. The molecule has 0 fully saturated rings. The van der Waals surface area contributed by atoms with Crippen molar-refractivity contribution in [3.05, 3.63) is 43.0 Å². The maximum absolute atomic E-state index is 3.67. The third kappa shape index (κ3) is 4.49. The van der Waals surface area contributed by atoms with Gasteiger partial charge in [0, 0.05) is 23.2 Å². The van der Waals surface area contributed by atoms with Crippen molar-refractivity contribution in [1.82, 2.24) is 5.32 Å². The first-order chi connectivity index (χ1) is 6.83. The van der Waals surface area contributed by atoms with Gasteiger partial charge < -0.3 is 5.32 Å². The Morgan fingerprint density at radius 1 is 1.43 bits per heavy atom. The van der Waals surface area contributed by atoms with Crippen LogP contribution in [0.15, 0.2) is 47.9 Å². The normalized spacial score (nSPS) is 12.4. The summed E-state index contributed by atoms with van der Waals surface area (Å²) < 4.78 is 0. The van der Waals surface area contributed by atoms with E-state index in [-0.39, 0.29) is 0 Å². The molecule has 1 nitrogen and oxygen atoms in total. The summed E-state index contributed by atoms with van der Waals surface area (Å²) in [6.45, 7) is 7.81. The molecule has 0 saturated carbocycles. The van der Waals surface area contributed by atoms with Crippen molar-refractivity contribution in [1.29, 1.82) is 0 Å². The topological polar surface area (TPSA) is 12.0 Å². The summed E-state index contributed by atoms with van der Waals surface area (Å²) in [4.78, 5) is 1.33. The minimum atomic E-state index is 0.595. The van der Waals surface area contributed by atoms with E-state index in [1.807, 2.05) is 23.9 Å². The van der Waals surface area contributed by atoms with E-state index in [0.717, 1.165) is 13.1 Å². The highest BCUT2D eigenvalue weighted by Gasteiger charge is 2.02. The molecule has 76 valence electrons. The molecule has 1 atom stereocenters. The summed E-state index contributed by atoms with van der Waals surface area (Å²) >= 11 is 1.90. The molecular weight excluding hydrogens is 190 g/mol. The summed E-state index contributed by atoms with van der Waals surface area (Å²) in [6, 6.07) is 10.5. The van der Waals surface area contributed by atoms with Crippen LogP contribution >= 0.6 is 11.8 Å². The van der Waals surface area contributed by atoms with Gasteiger partial charge in [-0.05, 0) is 12.1 Å². The van der Waals surface area contributed by atoms with Crippen LogP contribution in [0.25, 0.3) is 0 Å². The van der Waals surface area contributed by atoms with Crippen molar-refractivity contribution in [3.8, 4) is 0 Å². The number of nitrogens with one attached hydrogen (secondary N) is 1. The van der Waals surface area contributed by atoms with Gasteiger partial charge in [0.15, 0.2) is 0 Å². The predicted molar refractivity (Wildman–Crippen MR) is 64.8 cm³/mol. The number of benzene rings is 1. The van der Waals surface area contributed by atoms with Gasteiger partial charge in [-0.1, -0.05) is 31.2 Å². The molecule has 0 amide bonds. The summed E-state index contributed by atoms with van der Waals surface area (Å²) in [5.74, 6) is 0. The Balaban J connectivity index is 2.26. The van der Waals surface area contributed by atoms with Crippen molar-refractivity contribution in [2.75, 3.05) is 13.1 Å². The van der Waals surface area contributed by atoms with E-state index in [9.17, 15) is 0 Å². The van der Waals surface area contributed by atoms with Crippen LogP contribution in [0.5, 0.6) is 0 Å². The molecule has 0 radical (unpaired) electrons. The van der Waals surface area contributed by atoms with Crippen molar-refractivity contribution < 1.29 is 0 Å². The van der Waals surface area contributed by atoms with Crippen molar-refractivity contribution >= 4 is 11.8 Å². The fourth-order valence-electron chi connectivity index (χ4n) is 1.16. The average molecular weight is 207 g/mol. The summed E-state index contributed by atoms with van der Waals surface area (Å²) in [5, 5.41) is 3.91. The molecule has 1 aromatic rings. The zero-order chi connectivity index (χ0) is 10.2. The maximum atomic E-state index is 3.67. The van der Waals surface area contributed by atoms with Gasteiger partial charge in [-0.3, -0.25) is 0 Å². The monoisotopic (exact) mass is 207 g/mol. The van der Waals surface area contributed by atoms with Gasteiger partial charge in [-0.15, -0.1) is 18.3 Å². The lowest BCUT2D eigenvalue weighted by Crippen LogP contribution is -2.22. The smallest absolute Gasteiger partial charge is 0.0191 e. The Bertz CT molecular complexity index is 258. The Kier molecular flexibility index (Phi) is 5.42. The molecule has 1 aromatic carbocycles. The zero-order valence-corrected chi connectivity index (χ0v) is 9.39. The SMILES string of the molecule is C=CCNCC(C)Sc1ccccc1. The first-order valence-corrected chi connectivity index (χ1v) is 5.74. The number of rotatable bonds is 6. The molecule has 1 unspecified atom stereocenters. The van der Waals surface area contributed by atoms with Crippen LogP contribution in [0.1, 0.15) is 6.92 Å². The molecule has 1 rings (SSSR count). The number of thioether (sulfide) groups is 1. The second kappa shape index (κ2) is 6.68. The summed E-state index contributed by atoms with van der Waals surface area (Å²) in [6.07, 6.45) is 1.89. The van der Waals surface area contributed by atoms with E-state index in [1.54, 1.807) is 0 Å². The number of hydrogen-bond acceptors (Lipinski definition) is 2. The van der Waals surface area contributed by atoms with Crippen LogP contribution in [0.3, 0.4) is 0 Å². The molecule has 0 spiro atoms. The Morgan fingerprint density at radius 2 is 2.14 bits per heavy atom. The van der Waals surface area contributed by atoms with E-state index in [4.69, 9.17) is 0 Å². The maximum Gasteiger partial charge on any atom is 0.0191 e. The molecule has 0 heterocycles. The molecule has 0 saturated heterocycles.